The summed E-state index contributed by atoms with van der Waals surface area (Å²) in [6.07, 6.45) is 1.97. The molecule has 170 valence electrons. The van der Waals surface area contributed by atoms with Gasteiger partial charge >= 0.3 is 6.18 Å². The molecule has 0 saturated heterocycles. The second-order valence-electron chi connectivity index (χ2n) is 7.44. The normalized spacial score (nSPS) is 11.3. The van der Waals surface area contributed by atoms with E-state index in [1.807, 2.05) is 24.3 Å². The first-order chi connectivity index (χ1) is 15.4. The zero-order valence-corrected chi connectivity index (χ0v) is 18.2. The number of rotatable bonds is 10. The predicted octanol–water partition coefficient (Wildman–Crippen LogP) is 7.11. The Morgan fingerprint density at radius 3 is 2.41 bits per heavy atom. The Morgan fingerprint density at radius 1 is 0.938 bits per heavy atom. The predicted molar refractivity (Wildman–Crippen MR) is 121 cm³/mol. The number of anilines is 4. The quantitative estimate of drug-likeness (QED) is 0.326. The highest BCUT2D eigenvalue weighted by Gasteiger charge is 2.35. The molecule has 0 aliphatic heterocycles. The van der Waals surface area contributed by atoms with E-state index in [9.17, 15) is 13.2 Å². The summed E-state index contributed by atoms with van der Waals surface area (Å²) in [5.41, 5.74) is 1.40. The first kappa shape index (κ1) is 23.4. The van der Waals surface area contributed by atoms with Crippen LogP contribution in [0.4, 0.5) is 36.3 Å². The summed E-state index contributed by atoms with van der Waals surface area (Å²) in [5, 5.41) is 5.71. The minimum Gasteiger partial charge on any atom is -0.497 e. The van der Waals surface area contributed by atoms with E-state index in [2.05, 4.69) is 27.5 Å². The number of alkyl halides is 3. The molecule has 2 aromatic carbocycles. The lowest BCUT2D eigenvalue weighted by molar-refractivity contribution is -0.137. The molecule has 32 heavy (non-hydrogen) atoms. The van der Waals surface area contributed by atoms with Gasteiger partial charge in [0.05, 0.1) is 7.11 Å². The molecule has 0 bridgehead atoms. The molecule has 1 heterocycles. The molecule has 5 nitrogen and oxygen atoms in total. The second-order valence-corrected chi connectivity index (χ2v) is 7.44. The van der Waals surface area contributed by atoms with Crippen LogP contribution < -0.4 is 15.4 Å². The van der Waals surface area contributed by atoms with Crippen molar-refractivity contribution in [3.63, 3.8) is 0 Å². The van der Waals surface area contributed by atoms with Gasteiger partial charge in [-0.2, -0.15) is 18.2 Å². The number of halogens is 3. The summed E-state index contributed by atoms with van der Waals surface area (Å²) >= 11 is 0. The summed E-state index contributed by atoms with van der Waals surface area (Å²) in [5.74, 6) is 0.251. The molecular formula is C24H27F3N4O. The van der Waals surface area contributed by atoms with Crippen LogP contribution in [0.1, 0.15) is 43.7 Å². The van der Waals surface area contributed by atoms with Gasteiger partial charge in [-0.15, -0.1) is 0 Å². The number of methoxy groups -OCH3 is 1. The molecule has 0 aliphatic rings. The van der Waals surface area contributed by atoms with Crippen molar-refractivity contribution >= 4 is 23.1 Å². The number of benzene rings is 2. The Labute approximate surface area is 186 Å². The van der Waals surface area contributed by atoms with E-state index in [0.29, 0.717) is 17.1 Å². The van der Waals surface area contributed by atoms with Crippen molar-refractivity contribution in [3.05, 3.63) is 65.9 Å². The third kappa shape index (κ3) is 6.60. The summed E-state index contributed by atoms with van der Waals surface area (Å²) < 4.78 is 45.6. The molecule has 0 spiro atoms. The fraction of sp³-hybridized carbons (Fsp3) is 0.333. The molecule has 3 rings (SSSR count). The number of hydrogen-bond acceptors (Lipinski definition) is 5. The number of unbranched alkanes of at least 4 members (excludes halogenated alkanes) is 3. The average molecular weight is 445 g/mol. The number of aromatic nitrogens is 2. The van der Waals surface area contributed by atoms with Crippen LogP contribution in [0.2, 0.25) is 0 Å². The van der Waals surface area contributed by atoms with Gasteiger partial charge in [-0.05, 0) is 42.7 Å². The van der Waals surface area contributed by atoms with Crippen molar-refractivity contribution in [2.24, 2.45) is 0 Å². The molecule has 0 aliphatic carbocycles. The minimum atomic E-state index is -4.60. The van der Waals surface area contributed by atoms with Crippen molar-refractivity contribution in [2.75, 3.05) is 17.7 Å². The molecule has 1 aromatic heterocycles. The standard InChI is InChI=1S/C24H27F3N4O/c1-3-4-5-6-8-17-11-13-18(14-12-17)30-23-28-16-21(24(25,26)27)22(31-23)29-19-9-7-10-20(15-19)32-2/h7,9-16H,3-6,8H2,1-2H3,(H2,28,29,30,31). The van der Waals surface area contributed by atoms with E-state index in [1.54, 1.807) is 24.3 Å². The van der Waals surface area contributed by atoms with E-state index in [1.165, 1.54) is 31.9 Å². The largest absolute Gasteiger partial charge is 0.497 e. The van der Waals surface area contributed by atoms with E-state index in [0.717, 1.165) is 19.0 Å². The number of hydrogen-bond donors (Lipinski definition) is 2. The highest BCUT2D eigenvalue weighted by molar-refractivity contribution is 5.64. The Balaban J connectivity index is 1.76. The highest BCUT2D eigenvalue weighted by Crippen LogP contribution is 2.35. The molecule has 2 N–H and O–H groups in total. The molecule has 0 amide bonds. The van der Waals surface area contributed by atoms with E-state index >= 15 is 0 Å². The first-order valence-corrected chi connectivity index (χ1v) is 10.6. The lowest BCUT2D eigenvalue weighted by Crippen LogP contribution is -2.12. The lowest BCUT2D eigenvalue weighted by Gasteiger charge is -2.15. The summed E-state index contributed by atoms with van der Waals surface area (Å²) in [7, 11) is 1.49. The minimum absolute atomic E-state index is 0.0686. The molecule has 0 radical (unpaired) electrons. The van der Waals surface area contributed by atoms with Crippen LogP contribution in [0.5, 0.6) is 5.75 Å². The smallest absolute Gasteiger partial charge is 0.421 e. The molecule has 0 saturated carbocycles. The zero-order chi connectivity index (χ0) is 23.0. The second kappa shape index (κ2) is 10.8. The highest BCUT2D eigenvalue weighted by atomic mass is 19.4. The van der Waals surface area contributed by atoms with Crippen molar-refractivity contribution in [1.29, 1.82) is 0 Å². The maximum atomic E-state index is 13.5. The van der Waals surface area contributed by atoms with Gasteiger partial charge in [0.1, 0.15) is 17.1 Å². The topological polar surface area (TPSA) is 59.1 Å². The van der Waals surface area contributed by atoms with Gasteiger partial charge in [0.2, 0.25) is 5.95 Å². The van der Waals surface area contributed by atoms with Crippen LogP contribution in [0, 0.1) is 0 Å². The Bertz CT molecular complexity index is 1010. The van der Waals surface area contributed by atoms with E-state index in [-0.39, 0.29) is 11.8 Å². The van der Waals surface area contributed by atoms with Crippen LogP contribution in [-0.2, 0) is 12.6 Å². The summed E-state index contributed by atoms with van der Waals surface area (Å²) in [6, 6.07) is 14.4. The summed E-state index contributed by atoms with van der Waals surface area (Å²) in [6.45, 7) is 2.18. The Morgan fingerprint density at radius 2 is 1.72 bits per heavy atom. The molecule has 3 aromatic rings. The van der Waals surface area contributed by atoms with Crippen molar-refractivity contribution < 1.29 is 17.9 Å². The third-order valence-corrected chi connectivity index (χ3v) is 4.96. The van der Waals surface area contributed by atoms with Crippen molar-refractivity contribution in [2.45, 2.75) is 45.2 Å². The van der Waals surface area contributed by atoms with E-state index < -0.39 is 11.7 Å². The molecule has 0 unspecified atom stereocenters. The van der Waals surface area contributed by atoms with Gasteiger partial charge < -0.3 is 15.4 Å². The van der Waals surface area contributed by atoms with Crippen LogP contribution >= 0.6 is 0 Å². The summed E-state index contributed by atoms with van der Waals surface area (Å²) in [4.78, 5) is 7.95. The Kier molecular flexibility index (Phi) is 7.92. The number of nitrogens with one attached hydrogen (secondary N) is 2. The third-order valence-electron chi connectivity index (χ3n) is 4.96. The van der Waals surface area contributed by atoms with Crippen molar-refractivity contribution in [1.82, 2.24) is 9.97 Å². The number of aryl methyl sites for hydroxylation is 1. The van der Waals surface area contributed by atoms with Gasteiger partial charge in [0.25, 0.3) is 0 Å². The van der Waals surface area contributed by atoms with Gasteiger partial charge in [0.15, 0.2) is 0 Å². The first-order valence-electron chi connectivity index (χ1n) is 10.6. The Hall–Kier alpha value is -3.29. The van der Waals surface area contributed by atoms with Crippen LogP contribution in [0.25, 0.3) is 0 Å². The maximum Gasteiger partial charge on any atom is 0.421 e. The van der Waals surface area contributed by atoms with Crippen LogP contribution in [0.3, 0.4) is 0 Å². The lowest BCUT2D eigenvalue weighted by atomic mass is 10.1. The van der Waals surface area contributed by atoms with E-state index in [4.69, 9.17) is 4.74 Å². The fourth-order valence-corrected chi connectivity index (χ4v) is 3.22. The molecular weight excluding hydrogens is 417 g/mol. The number of nitrogens with zero attached hydrogens (tertiary/aromatic N) is 2. The number of ether oxygens (including phenoxy) is 1. The van der Waals surface area contributed by atoms with Gasteiger partial charge in [-0.3, -0.25) is 0 Å². The van der Waals surface area contributed by atoms with Gasteiger partial charge in [0, 0.05) is 23.6 Å². The van der Waals surface area contributed by atoms with Crippen LogP contribution in [0.15, 0.2) is 54.7 Å². The fourth-order valence-electron chi connectivity index (χ4n) is 3.22. The van der Waals surface area contributed by atoms with Gasteiger partial charge in [-0.25, -0.2) is 4.98 Å². The zero-order valence-electron chi connectivity index (χ0n) is 18.2. The maximum absolute atomic E-state index is 13.5. The monoisotopic (exact) mass is 444 g/mol. The van der Waals surface area contributed by atoms with Crippen molar-refractivity contribution in [3.8, 4) is 5.75 Å². The molecule has 0 atom stereocenters. The molecule has 0 fully saturated rings. The molecule has 8 heteroatoms. The van der Waals surface area contributed by atoms with Crippen LogP contribution in [-0.4, -0.2) is 17.1 Å². The SMILES string of the molecule is CCCCCCc1ccc(Nc2ncc(C(F)(F)F)c(Nc3cccc(OC)c3)n2)cc1. The average Bonchev–Trinajstić information content (AvgIpc) is 2.77. The van der Waals surface area contributed by atoms with Gasteiger partial charge in [-0.1, -0.05) is 44.4 Å².